The molecule has 1 atom stereocenters. The number of piperazine rings is 1. The molecule has 0 bridgehead atoms. The van der Waals surface area contributed by atoms with Crippen LogP contribution in [0.25, 0.3) is 0 Å². The van der Waals surface area contributed by atoms with Gasteiger partial charge in [-0.25, -0.2) is 4.39 Å². The number of benzene rings is 1. The van der Waals surface area contributed by atoms with Gasteiger partial charge in [-0.05, 0) is 18.6 Å². The van der Waals surface area contributed by atoms with Crippen molar-refractivity contribution in [3.05, 3.63) is 34.1 Å². The van der Waals surface area contributed by atoms with Gasteiger partial charge in [0.25, 0.3) is 0 Å². The van der Waals surface area contributed by atoms with Gasteiger partial charge < -0.3 is 10.6 Å². The molecule has 1 aliphatic rings. The van der Waals surface area contributed by atoms with Gasteiger partial charge in [0, 0.05) is 31.2 Å². The van der Waals surface area contributed by atoms with E-state index in [-0.39, 0.29) is 24.3 Å². The molecule has 0 saturated carbocycles. The molecule has 1 aliphatic heterocycles. The molecule has 1 fully saturated rings. The molecule has 90 valence electrons. The molecule has 1 heterocycles. The van der Waals surface area contributed by atoms with Gasteiger partial charge in [-0.15, -0.1) is 12.4 Å². The van der Waals surface area contributed by atoms with Gasteiger partial charge in [0.15, 0.2) is 0 Å². The zero-order valence-electron chi connectivity index (χ0n) is 9.02. The minimum Gasteiger partial charge on any atom is -0.314 e. The van der Waals surface area contributed by atoms with Crippen LogP contribution in [0.5, 0.6) is 0 Å². The second kappa shape index (κ2) is 5.82. The molecule has 1 aromatic carbocycles. The van der Waals surface area contributed by atoms with Crippen molar-refractivity contribution < 1.29 is 4.39 Å². The van der Waals surface area contributed by atoms with Crippen molar-refractivity contribution in [3.63, 3.8) is 0 Å². The Morgan fingerprint density at radius 2 is 2.12 bits per heavy atom. The van der Waals surface area contributed by atoms with Crippen molar-refractivity contribution in [1.82, 2.24) is 10.6 Å². The maximum Gasteiger partial charge on any atom is 0.129 e. The summed E-state index contributed by atoms with van der Waals surface area (Å²) in [6, 6.07) is 3.16. The Bertz CT molecular complexity index is 365. The molecule has 0 spiro atoms. The van der Waals surface area contributed by atoms with Crippen LogP contribution in [0.4, 0.5) is 4.39 Å². The van der Waals surface area contributed by atoms with E-state index in [1.54, 1.807) is 6.07 Å². The molecular formula is C11H15Cl2FN2. The van der Waals surface area contributed by atoms with Crippen molar-refractivity contribution >= 4 is 24.0 Å². The molecule has 0 radical (unpaired) electrons. The van der Waals surface area contributed by atoms with Gasteiger partial charge in [0.05, 0.1) is 5.02 Å². The van der Waals surface area contributed by atoms with E-state index in [9.17, 15) is 4.39 Å². The van der Waals surface area contributed by atoms with Crippen molar-refractivity contribution in [3.8, 4) is 0 Å². The van der Waals surface area contributed by atoms with Gasteiger partial charge in [0.2, 0.25) is 0 Å². The number of aryl methyl sites for hydroxylation is 1. The maximum absolute atomic E-state index is 13.7. The van der Waals surface area contributed by atoms with Crippen LogP contribution < -0.4 is 10.6 Å². The van der Waals surface area contributed by atoms with Gasteiger partial charge in [-0.1, -0.05) is 17.7 Å². The summed E-state index contributed by atoms with van der Waals surface area (Å²) in [5, 5.41) is 7.01. The lowest BCUT2D eigenvalue weighted by Crippen LogP contribution is -2.43. The van der Waals surface area contributed by atoms with E-state index < -0.39 is 0 Å². The number of hydrogen-bond donors (Lipinski definition) is 2. The zero-order valence-corrected chi connectivity index (χ0v) is 10.6. The van der Waals surface area contributed by atoms with Crippen LogP contribution in [0.2, 0.25) is 5.02 Å². The number of nitrogens with one attached hydrogen (secondary N) is 2. The second-order valence-electron chi connectivity index (χ2n) is 3.80. The summed E-state index contributed by atoms with van der Waals surface area (Å²) in [7, 11) is 0. The van der Waals surface area contributed by atoms with E-state index >= 15 is 0 Å². The Labute approximate surface area is 106 Å². The van der Waals surface area contributed by atoms with E-state index in [2.05, 4.69) is 10.6 Å². The minimum atomic E-state index is -0.230. The average Bonchev–Trinajstić information content (AvgIpc) is 2.26. The van der Waals surface area contributed by atoms with Crippen LogP contribution in [-0.4, -0.2) is 19.6 Å². The molecule has 1 saturated heterocycles. The summed E-state index contributed by atoms with van der Waals surface area (Å²) in [5.41, 5.74) is 1.50. The fourth-order valence-electron chi connectivity index (χ4n) is 1.86. The highest BCUT2D eigenvalue weighted by Gasteiger charge is 2.21. The summed E-state index contributed by atoms with van der Waals surface area (Å²) >= 11 is 6.12. The first-order chi connectivity index (χ1) is 7.20. The van der Waals surface area contributed by atoms with E-state index in [0.717, 1.165) is 25.2 Å². The fourth-order valence-corrected chi connectivity index (χ4v) is 2.14. The van der Waals surface area contributed by atoms with Crippen LogP contribution in [0.15, 0.2) is 12.1 Å². The molecule has 2 rings (SSSR count). The third-order valence-corrected chi connectivity index (χ3v) is 3.21. The summed E-state index contributed by atoms with van der Waals surface area (Å²) in [6.45, 7) is 4.37. The predicted octanol–water partition coefficient (Wildman–Crippen LogP) is 2.44. The number of hydrogen-bond acceptors (Lipinski definition) is 2. The van der Waals surface area contributed by atoms with Gasteiger partial charge in [0.1, 0.15) is 5.82 Å². The van der Waals surface area contributed by atoms with Gasteiger partial charge >= 0.3 is 0 Å². The molecule has 2 nitrogen and oxygen atoms in total. The molecule has 5 heteroatoms. The van der Waals surface area contributed by atoms with Gasteiger partial charge in [-0.3, -0.25) is 0 Å². The van der Waals surface area contributed by atoms with Crippen molar-refractivity contribution in [1.29, 1.82) is 0 Å². The smallest absolute Gasteiger partial charge is 0.129 e. The molecule has 16 heavy (non-hydrogen) atoms. The van der Waals surface area contributed by atoms with Crippen molar-refractivity contribution in [2.75, 3.05) is 19.6 Å². The third-order valence-electron chi connectivity index (χ3n) is 2.71. The summed E-state index contributed by atoms with van der Waals surface area (Å²) in [5.74, 6) is -0.230. The van der Waals surface area contributed by atoms with E-state index in [1.807, 2.05) is 6.92 Å². The first-order valence-electron chi connectivity index (χ1n) is 5.08. The van der Waals surface area contributed by atoms with Gasteiger partial charge in [-0.2, -0.15) is 0 Å². The lowest BCUT2D eigenvalue weighted by atomic mass is 10.0. The highest BCUT2D eigenvalue weighted by molar-refractivity contribution is 6.32. The summed E-state index contributed by atoms with van der Waals surface area (Å²) in [4.78, 5) is 0. The third kappa shape index (κ3) is 2.66. The molecule has 0 aromatic heterocycles. The lowest BCUT2D eigenvalue weighted by molar-refractivity contribution is 0.417. The monoisotopic (exact) mass is 264 g/mol. The Morgan fingerprint density at radius 1 is 1.38 bits per heavy atom. The highest BCUT2D eigenvalue weighted by Crippen LogP contribution is 2.29. The average molecular weight is 265 g/mol. The zero-order chi connectivity index (χ0) is 10.8. The Kier molecular flexibility index (Phi) is 4.99. The lowest BCUT2D eigenvalue weighted by Gasteiger charge is -2.26. The van der Waals surface area contributed by atoms with E-state index in [1.165, 1.54) is 6.07 Å². The molecule has 0 unspecified atom stereocenters. The SMILES string of the molecule is Cc1ccc(F)c([C@H]2CNCCN2)c1Cl.Cl. The largest absolute Gasteiger partial charge is 0.314 e. The molecule has 2 N–H and O–H groups in total. The Hall–Kier alpha value is -0.350. The standard InChI is InChI=1S/C11H14ClFN2.ClH/c1-7-2-3-8(13)10(11(7)12)9-6-14-4-5-15-9;/h2-3,9,14-15H,4-6H2,1H3;1H/t9-;/m1./s1. The first-order valence-corrected chi connectivity index (χ1v) is 5.46. The number of rotatable bonds is 1. The summed E-state index contributed by atoms with van der Waals surface area (Å²) < 4.78 is 13.7. The highest BCUT2D eigenvalue weighted by atomic mass is 35.5. The van der Waals surface area contributed by atoms with Crippen molar-refractivity contribution in [2.24, 2.45) is 0 Å². The number of halogens is 3. The maximum atomic E-state index is 13.7. The van der Waals surface area contributed by atoms with E-state index in [4.69, 9.17) is 11.6 Å². The second-order valence-corrected chi connectivity index (χ2v) is 4.18. The van der Waals surface area contributed by atoms with Crippen molar-refractivity contribution in [2.45, 2.75) is 13.0 Å². The Morgan fingerprint density at radius 3 is 2.75 bits per heavy atom. The van der Waals surface area contributed by atoms with Crippen LogP contribution in [0, 0.1) is 12.7 Å². The van der Waals surface area contributed by atoms with Crippen LogP contribution in [0.1, 0.15) is 17.2 Å². The molecular weight excluding hydrogens is 250 g/mol. The molecule has 0 amide bonds. The minimum absolute atomic E-state index is 0. The first kappa shape index (κ1) is 13.7. The quantitative estimate of drug-likeness (QED) is 0.815. The Balaban J connectivity index is 0.00000128. The van der Waals surface area contributed by atoms with Crippen LogP contribution in [-0.2, 0) is 0 Å². The van der Waals surface area contributed by atoms with Crippen LogP contribution >= 0.6 is 24.0 Å². The molecule has 1 aromatic rings. The fraction of sp³-hybridized carbons (Fsp3) is 0.455. The predicted molar refractivity (Wildman–Crippen MR) is 67.0 cm³/mol. The topological polar surface area (TPSA) is 24.1 Å². The normalized spacial score (nSPS) is 20.3. The van der Waals surface area contributed by atoms with E-state index in [0.29, 0.717) is 10.6 Å². The van der Waals surface area contributed by atoms with Crippen LogP contribution in [0.3, 0.4) is 0 Å². The molecule has 0 aliphatic carbocycles. The summed E-state index contributed by atoms with van der Waals surface area (Å²) in [6.07, 6.45) is 0.